The van der Waals surface area contributed by atoms with E-state index in [1.165, 1.54) is 25.7 Å². The number of fused-ring (bicyclic) bond motifs is 1. The monoisotopic (exact) mass is 196 g/mol. The fourth-order valence-electron chi connectivity index (χ4n) is 3.06. The summed E-state index contributed by atoms with van der Waals surface area (Å²) < 4.78 is 6.28. The van der Waals surface area contributed by atoms with Crippen molar-refractivity contribution in [2.75, 3.05) is 0 Å². The molecule has 1 nitrogen and oxygen atoms in total. The molecule has 1 heteroatoms. The first-order valence-electron chi connectivity index (χ1n) is 6.19. The lowest BCUT2D eigenvalue weighted by Gasteiger charge is -2.30. The number of hydrogen-bond donors (Lipinski definition) is 0. The maximum absolute atomic E-state index is 6.28. The van der Waals surface area contributed by atoms with Crippen LogP contribution in [0, 0.1) is 17.8 Å². The zero-order valence-electron chi connectivity index (χ0n) is 10.0. The van der Waals surface area contributed by atoms with Crippen LogP contribution < -0.4 is 0 Å². The van der Waals surface area contributed by atoms with Gasteiger partial charge in [-0.05, 0) is 43.9 Å². The lowest BCUT2D eigenvalue weighted by molar-refractivity contribution is -0.0727. The second kappa shape index (κ2) is 3.52. The van der Waals surface area contributed by atoms with Gasteiger partial charge in [0.25, 0.3) is 0 Å². The van der Waals surface area contributed by atoms with Crippen LogP contribution in [0.5, 0.6) is 0 Å². The van der Waals surface area contributed by atoms with Crippen LogP contribution in [0.4, 0.5) is 0 Å². The lowest BCUT2D eigenvalue weighted by atomic mass is 9.77. The summed E-state index contributed by atoms with van der Waals surface area (Å²) in [7, 11) is 0. The third-order valence-electron chi connectivity index (χ3n) is 4.50. The van der Waals surface area contributed by atoms with Crippen LogP contribution in [0.3, 0.4) is 0 Å². The van der Waals surface area contributed by atoms with Crippen molar-refractivity contribution in [2.24, 2.45) is 17.8 Å². The van der Waals surface area contributed by atoms with E-state index in [0.717, 1.165) is 11.8 Å². The molecule has 0 amide bonds. The molecule has 4 atom stereocenters. The van der Waals surface area contributed by atoms with Gasteiger partial charge in [0, 0.05) is 0 Å². The van der Waals surface area contributed by atoms with Crippen LogP contribution in [-0.4, -0.2) is 11.7 Å². The molecule has 1 aliphatic heterocycles. The smallest absolute Gasteiger partial charge is 0.0684 e. The Morgan fingerprint density at radius 2 is 2.00 bits per heavy atom. The van der Waals surface area contributed by atoms with Gasteiger partial charge in [-0.25, -0.2) is 0 Å². The average molecular weight is 196 g/mol. The Morgan fingerprint density at radius 3 is 2.64 bits per heavy atom. The van der Waals surface area contributed by atoms with E-state index in [9.17, 15) is 0 Å². The highest BCUT2D eigenvalue weighted by atomic mass is 16.5. The minimum atomic E-state index is 0.166. The molecule has 0 aromatic rings. The van der Waals surface area contributed by atoms with Gasteiger partial charge in [-0.1, -0.05) is 27.2 Å². The fourth-order valence-corrected chi connectivity index (χ4v) is 3.06. The molecule has 0 spiro atoms. The molecule has 1 heterocycles. The third-order valence-corrected chi connectivity index (χ3v) is 4.50. The van der Waals surface area contributed by atoms with Crippen LogP contribution in [-0.2, 0) is 4.74 Å². The van der Waals surface area contributed by atoms with Crippen molar-refractivity contribution in [3.63, 3.8) is 0 Å². The third kappa shape index (κ3) is 1.71. The summed E-state index contributed by atoms with van der Waals surface area (Å²) in [6.45, 7) is 9.26. The van der Waals surface area contributed by atoms with Gasteiger partial charge >= 0.3 is 0 Å². The summed E-state index contributed by atoms with van der Waals surface area (Å²) in [4.78, 5) is 0. The zero-order valence-corrected chi connectivity index (χ0v) is 10.0. The molecular formula is C13H24O. The zero-order chi connectivity index (χ0) is 10.3. The second-order valence-electron chi connectivity index (χ2n) is 6.01. The van der Waals surface area contributed by atoms with Gasteiger partial charge < -0.3 is 4.74 Å². The highest BCUT2D eigenvalue weighted by molar-refractivity contribution is 4.95. The van der Waals surface area contributed by atoms with Crippen LogP contribution in [0.25, 0.3) is 0 Å². The van der Waals surface area contributed by atoms with Crippen LogP contribution in [0.2, 0.25) is 0 Å². The second-order valence-corrected chi connectivity index (χ2v) is 6.01. The summed E-state index contributed by atoms with van der Waals surface area (Å²) in [6.07, 6.45) is 5.98. The maximum Gasteiger partial charge on any atom is 0.0684 e. The summed E-state index contributed by atoms with van der Waals surface area (Å²) in [5.41, 5.74) is 0.166. The molecule has 1 saturated heterocycles. The number of rotatable bonds is 1. The standard InChI is InChI=1S/C13H24O/c1-9(2)13(4)8-11-6-5-10(3)7-12(11)14-13/h9-12H,5-8H2,1-4H3. The van der Waals surface area contributed by atoms with Gasteiger partial charge in [0.1, 0.15) is 0 Å². The van der Waals surface area contributed by atoms with E-state index in [2.05, 4.69) is 27.7 Å². The molecule has 1 aliphatic carbocycles. The molecule has 14 heavy (non-hydrogen) atoms. The van der Waals surface area contributed by atoms with Crippen LogP contribution in [0.1, 0.15) is 53.4 Å². The molecule has 2 aliphatic rings. The molecule has 0 aromatic heterocycles. The van der Waals surface area contributed by atoms with Gasteiger partial charge in [0.05, 0.1) is 11.7 Å². The minimum absolute atomic E-state index is 0.166. The summed E-state index contributed by atoms with van der Waals surface area (Å²) in [5.74, 6) is 2.40. The first kappa shape index (κ1) is 10.5. The molecule has 82 valence electrons. The highest BCUT2D eigenvalue weighted by Crippen LogP contribution is 2.46. The SMILES string of the molecule is CC1CCC2CC(C)(C(C)C)OC2C1. The Labute approximate surface area is 88.2 Å². The predicted molar refractivity (Wildman–Crippen MR) is 59.2 cm³/mol. The largest absolute Gasteiger partial charge is 0.371 e. The summed E-state index contributed by atoms with van der Waals surface area (Å²) in [5, 5.41) is 0. The molecule has 4 unspecified atom stereocenters. The Balaban J connectivity index is 2.05. The molecule has 0 radical (unpaired) electrons. The topological polar surface area (TPSA) is 9.23 Å². The van der Waals surface area contributed by atoms with Crippen molar-refractivity contribution in [1.29, 1.82) is 0 Å². The highest BCUT2D eigenvalue weighted by Gasteiger charge is 2.46. The molecule has 2 fully saturated rings. The van der Waals surface area contributed by atoms with Crippen molar-refractivity contribution < 1.29 is 4.74 Å². The predicted octanol–water partition coefficient (Wildman–Crippen LogP) is 3.63. The Morgan fingerprint density at radius 1 is 1.29 bits per heavy atom. The van der Waals surface area contributed by atoms with Crippen molar-refractivity contribution in [3.05, 3.63) is 0 Å². The molecule has 1 saturated carbocycles. The quantitative estimate of drug-likeness (QED) is 0.622. The lowest BCUT2D eigenvalue weighted by Crippen LogP contribution is -2.31. The Bertz CT molecular complexity index is 211. The molecule has 2 rings (SSSR count). The van der Waals surface area contributed by atoms with E-state index in [4.69, 9.17) is 4.74 Å². The van der Waals surface area contributed by atoms with E-state index in [1.807, 2.05) is 0 Å². The number of ether oxygens (including phenoxy) is 1. The van der Waals surface area contributed by atoms with Crippen molar-refractivity contribution in [1.82, 2.24) is 0 Å². The summed E-state index contributed by atoms with van der Waals surface area (Å²) >= 11 is 0. The Kier molecular flexibility index (Phi) is 2.63. The van der Waals surface area contributed by atoms with Crippen molar-refractivity contribution in [3.8, 4) is 0 Å². The fraction of sp³-hybridized carbons (Fsp3) is 1.00. The van der Waals surface area contributed by atoms with E-state index in [0.29, 0.717) is 12.0 Å². The van der Waals surface area contributed by atoms with E-state index < -0.39 is 0 Å². The molecule has 0 N–H and O–H groups in total. The minimum Gasteiger partial charge on any atom is -0.371 e. The van der Waals surface area contributed by atoms with E-state index in [-0.39, 0.29) is 5.60 Å². The molecular weight excluding hydrogens is 172 g/mol. The number of hydrogen-bond acceptors (Lipinski definition) is 1. The van der Waals surface area contributed by atoms with Gasteiger partial charge in [0.15, 0.2) is 0 Å². The van der Waals surface area contributed by atoms with Gasteiger partial charge in [0.2, 0.25) is 0 Å². The normalized spacial score (nSPS) is 48.2. The van der Waals surface area contributed by atoms with Crippen molar-refractivity contribution in [2.45, 2.75) is 65.1 Å². The molecule has 0 bridgehead atoms. The first-order chi connectivity index (χ1) is 6.51. The van der Waals surface area contributed by atoms with E-state index >= 15 is 0 Å². The van der Waals surface area contributed by atoms with Gasteiger partial charge in [-0.15, -0.1) is 0 Å². The van der Waals surface area contributed by atoms with Gasteiger partial charge in [-0.3, -0.25) is 0 Å². The average Bonchev–Trinajstić information content (AvgIpc) is 2.42. The Hall–Kier alpha value is -0.0400. The summed E-state index contributed by atoms with van der Waals surface area (Å²) in [6, 6.07) is 0. The van der Waals surface area contributed by atoms with Crippen LogP contribution >= 0.6 is 0 Å². The first-order valence-corrected chi connectivity index (χ1v) is 6.19. The van der Waals surface area contributed by atoms with Crippen LogP contribution in [0.15, 0.2) is 0 Å². The van der Waals surface area contributed by atoms with Gasteiger partial charge in [-0.2, -0.15) is 0 Å². The maximum atomic E-state index is 6.28. The van der Waals surface area contributed by atoms with Crippen molar-refractivity contribution >= 4 is 0 Å². The molecule has 0 aromatic carbocycles. The van der Waals surface area contributed by atoms with E-state index in [1.54, 1.807) is 0 Å².